The Hall–Kier alpha value is -4.07. The van der Waals surface area contributed by atoms with Crippen molar-refractivity contribution >= 4 is 16.8 Å². The predicted octanol–water partition coefficient (Wildman–Crippen LogP) is 3.73. The molecule has 2 heterocycles. The first-order valence-electron chi connectivity index (χ1n) is 8.59. The van der Waals surface area contributed by atoms with E-state index in [9.17, 15) is 9.18 Å². The number of hydrogen-bond donors (Lipinski definition) is 1. The van der Waals surface area contributed by atoms with Gasteiger partial charge in [-0.3, -0.25) is 9.78 Å². The monoisotopic (exact) mass is 390 g/mol. The number of ether oxygens (including phenoxy) is 2. The number of nitrogens with zero attached hydrogens (tertiary/aromatic N) is 3. The highest BCUT2D eigenvalue weighted by Crippen LogP contribution is 2.34. The molecule has 1 amide bonds. The minimum absolute atomic E-state index is 0.0169. The standard InChI is InChI=1S/C21H15FN4O3/c1-28-18-9-14-16(10-15(18)22)25-20(12-5-4-8-24-11-12)26-21(14)29-17-7-3-2-6-13(17)19(23)27/h2-11H,1H3,(H2,23,27). The molecule has 0 spiro atoms. The maximum atomic E-state index is 14.3. The fraction of sp³-hybridized carbons (Fsp3) is 0.0476. The van der Waals surface area contributed by atoms with E-state index in [-0.39, 0.29) is 22.9 Å². The Morgan fingerprint density at radius 3 is 2.62 bits per heavy atom. The van der Waals surface area contributed by atoms with Crippen LogP contribution in [0.25, 0.3) is 22.3 Å². The number of aromatic nitrogens is 3. The zero-order valence-corrected chi connectivity index (χ0v) is 15.3. The van der Waals surface area contributed by atoms with Crippen LogP contribution in [0.4, 0.5) is 4.39 Å². The molecule has 144 valence electrons. The summed E-state index contributed by atoms with van der Waals surface area (Å²) in [5.41, 5.74) is 6.56. The number of halogens is 1. The lowest BCUT2D eigenvalue weighted by Crippen LogP contribution is -2.12. The first-order valence-corrected chi connectivity index (χ1v) is 8.59. The van der Waals surface area contributed by atoms with Crippen LogP contribution >= 0.6 is 0 Å². The van der Waals surface area contributed by atoms with E-state index in [4.69, 9.17) is 15.2 Å². The molecule has 0 radical (unpaired) electrons. The third kappa shape index (κ3) is 3.55. The number of primary amides is 1. The molecule has 4 rings (SSSR count). The number of pyridine rings is 1. The molecule has 0 fully saturated rings. The fourth-order valence-corrected chi connectivity index (χ4v) is 2.82. The highest BCUT2D eigenvalue weighted by molar-refractivity contribution is 5.96. The number of fused-ring (bicyclic) bond motifs is 1. The Labute approximate surface area is 165 Å². The van der Waals surface area contributed by atoms with Crippen LogP contribution in [0.1, 0.15) is 10.4 Å². The molecule has 2 N–H and O–H groups in total. The summed E-state index contributed by atoms with van der Waals surface area (Å²) >= 11 is 0. The van der Waals surface area contributed by atoms with Crippen molar-refractivity contribution in [2.75, 3.05) is 7.11 Å². The molecular weight excluding hydrogens is 375 g/mol. The maximum Gasteiger partial charge on any atom is 0.252 e. The topological polar surface area (TPSA) is 100 Å². The van der Waals surface area contributed by atoms with Gasteiger partial charge in [0.1, 0.15) is 5.75 Å². The lowest BCUT2D eigenvalue weighted by atomic mass is 10.2. The molecule has 0 bridgehead atoms. The largest absolute Gasteiger partial charge is 0.494 e. The van der Waals surface area contributed by atoms with Crippen LogP contribution in [0, 0.1) is 5.82 Å². The predicted molar refractivity (Wildman–Crippen MR) is 104 cm³/mol. The van der Waals surface area contributed by atoms with Crippen molar-refractivity contribution in [1.29, 1.82) is 0 Å². The molecule has 2 aromatic carbocycles. The molecule has 0 aliphatic rings. The van der Waals surface area contributed by atoms with E-state index >= 15 is 0 Å². The van der Waals surface area contributed by atoms with Gasteiger partial charge in [-0.05, 0) is 30.3 Å². The van der Waals surface area contributed by atoms with Gasteiger partial charge in [0.2, 0.25) is 5.88 Å². The molecule has 8 heteroatoms. The highest BCUT2D eigenvalue weighted by atomic mass is 19.1. The molecule has 29 heavy (non-hydrogen) atoms. The van der Waals surface area contributed by atoms with Crippen LogP contribution in [-0.4, -0.2) is 28.0 Å². The number of amides is 1. The molecule has 0 atom stereocenters. The molecular formula is C21H15FN4O3. The van der Waals surface area contributed by atoms with E-state index in [1.807, 2.05) is 0 Å². The Kier molecular flexibility index (Phi) is 4.74. The van der Waals surface area contributed by atoms with Gasteiger partial charge in [-0.15, -0.1) is 0 Å². The number of benzene rings is 2. The number of carbonyl (C=O) groups excluding carboxylic acids is 1. The molecule has 7 nitrogen and oxygen atoms in total. The van der Waals surface area contributed by atoms with Crippen LogP contribution < -0.4 is 15.2 Å². The first kappa shape index (κ1) is 18.3. The van der Waals surface area contributed by atoms with E-state index in [2.05, 4.69) is 15.0 Å². The van der Waals surface area contributed by atoms with Gasteiger partial charge in [0, 0.05) is 24.0 Å². The fourth-order valence-electron chi connectivity index (χ4n) is 2.82. The molecule has 0 saturated carbocycles. The van der Waals surface area contributed by atoms with Crippen LogP contribution in [0.3, 0.4) is 0 Å². The van der Waals surface area contributed by atoms with Gasteiger partial charge in [-0.25, -0.2) is 9.37 Å². The third-order valence-corrected chi connectivity index (χ3v) is 4.21. The Morgan fingerprint density at radius 2 is 1.90 bits per heavy atom. The van der Waals surface area contributed by atoms with Crippen molar-refractivity contribution in [3.8, 4) is 28.8 Å². The Bertz CT molecular complexity index is 1220. The number of nitrogens with two attached hydrogens (primary N) is 1. The SMILES string of the molecule is COc1cc2c(Oc3ccccc3C(N)=O)nc(-c3cccnc3)nc2cc1F. The summed E-state index contributed by atoms with van der Waals surface area (Å²) in [4.78, 5) is 24.7. The van der Waals surface area contributed by atoms with Crippen LogP contribution in [-0.2, 0) is 0 Å². The van der Waals surface area contributed by atoms with Gasteiger partial charge in [0.05, 0.1) is 23.6 Å². The first-order chi connectivity index (χ1) is 14.1. The van der Waals surface area contributed by atoms with E-state index < -0.39 is 11.7 Å². The summed E-state index contributed by atoms with van der Waals surface area (Å²) in [6, 6.07) is 12.7. The van der Waals surface area contributed by atoms with Crippen LogP contribution in [0.2, 0.25) is 0 Å². The zero-order chi connectivity index (χ0) is 20.4. The molecule has 0 unspecified atom stereocenters. The highest BCUT2D eigenvalue weighted by Gasteiger charge is 2.17. The summed E-state index contributed by atoms with van der Waals surface area (Å²) in [6.45, 7) is 0. The smallest absolute Gasteiger partial charge is 0.252 e. The summed E-state index contributed by atoms with van der Waals surface area (Å²) in [5, 5.41) is 0.412. The van der Waals surface area contributed by atoms with E-state index in [0.717, 1.165) is 0 Å². The summed E-state index contributed by atoms with van der Waals surface area (Å²) < 4.78 is 25.3. The normalized spacial score (nSPS) is 10.7. The van der Waals surface area contributed by atoms with Gasteiger partial charge in [-0.1, -0.05) is 12.1 Å². The molecule has 2 aromatic heterocycles. The maximum absolute atomic E-state index is 14.3. The third-order valence-electron chi connectivity index (χ3n) is 4.21. The van der Waals surface area contributed by atoms with Crippen molar-refractivity contribution in [2.24, 2.45) is 5.73 Å². The molecule has 4 aromatic rings. The number of hydrogen-bond acceptors (Lipinski definition) is 6. The second-order valence-electron chi connectivity index (χ2n) is 6.06. The van der Waals surface area contributed by atoms with Crippen LogP contribution in [0.15, 0.2) is 60.9 Å². The van der Waals surface area contributed by atoms with E-state index in [1.54, 1.807) is 48.8 Å². The number of rotatable bonds is 5. The van der Waals surface area contributed by atoms with E-state index in [1.165, 1.54) is 19.2 Å². The number of para-hydroxylation sites is 1. The lowest BCUT2D eigenvalue weighted by Gasteiger charge is -2.13. The Morgan fingerprint density at radius 1 is 1.07 bits per heavy atom. The second kappa shape index (κ2) is 7.51. The molecule has 0 aliphatic carbocycles. The van der Waals surface area contributed by atoms with Gasteiger partial charge in [0.25, 0.3) is 5.91 Å². The van der Waals surface area contributed by atoms with Crippen molar-refractivity contribution < 1.29 is 18.7 Å². The van der Waals surface area contributed by atoms with Gasteiger partial charge in [0.15, 0.2) is 17.4 Å². The van der Waals surface area contributed by atoms with Crippen molar-refractivity contribution in [3.05, 3.63) is 72.3 Å². The molecule has 0 aliphatic heterocycles. The van der Waals surface area contributed by atoms with Crippen LogP contribution in [0.5, 0.6) is 17.4 Å². The average Bonchev–Trinajstić information content (AvgIpc) is 2.74. The minimum Gasteiger partial charge on any atom is -0.494 e. The van der Waals surface area contributed by atoms with Gasteiger partial charge in [-0.2, -0.15) is 4.98 Å². The summed E-state index contributed by atoms with van der Waals surface area (Å²) in [5.74, 6) is -0.555. The second-order valence-corrected chi connectivity index (χ2v) is 6.06. The quantitative estimate of drug-likeness (QED) is 0.557. The Balaban J connectivity index is 1.94. The van der Waals surface area contributed by atoms with Gasteiger partial charge >= 0.3 is 0 Å². The van der Waals surface area contributed by atoms with E-state index in [0.29, 0.717) is 22.3 Å². The summed E-state index contributed by atoms with van der Waals surface area (Å²) in [7, 11) is 1.36. The summed E-state index contributed by atoms with van der Waals surface area (Å²) in [6.07, 6.45) is 3.21. The van der Waals surface area contributed by atoms with Crippen molar-refractivity contribution in [1.82, 2.24) is 15.0 Å². The van der Waals surface area contributed by atoms with Crippen molar-refractivity contribution in [2.45, 2.75) is 0 Å². The zero-order valence-electron chi connectivity index (χ0n) is 15.3. The van der Waals surface area contributed by atoms with Crippen molar-refractivity contribution in [3.63, 3.8) is 0 Å². The number of methoxy groups -OCH3 is 1. The molecule has 0 saturated heterocycles. The number of carbonyl (C=O) groups is 1. The average molecular weight is 390 g/mol. The minimum atomic E-state index is -0.643. The lowest BCUT2D eigenvalue weighted by molar-refractivity contribution is 0.0998. The van der Waals surface area contributed by atoms with Gasteiger partial charge < -0.3 is 15.2 Å².